The van der Waals surface area contributed by atoms with Gasteiger partial charge in [0.25, 0.3) is 0 Å². The first-order chi connectivity index (χ1) is 23.6. The lowest BCUT2D eigenvalue weighted by Gasteiger charge is -2.40. The molecule has 260 valence electrons. The molecule has 2 aromatic heterocycles. The van der Waals surface area contributed by atoms with Crippen LogP contribution in [0.2, 0.25) is 0 Å². The van der Waals surface area contributed by atoms with Crippen molar-refractivity contribution in [3.8, 4) is 23.0 Å². The van der Waals surface area contributed by atoms with Crippen LogP contribution in [0.1, 0.15) is 56.9 Å². The Morgan fingerprint density at radius 2 is 1.92 bits per heavy atom. The predicted molar refractivity (Wildman–Crippen MR) is 178 cm³/mol. The number of aromatic nitrogens is 3. The van der Waals surface area contributed by atoms with E-state index in [9.17, 15) is 19.7 Å². The summed E-state index contributed by atoms with van der Waals surface area (Å²) in [5, 5.41) is 37.4. The van der Waals surface area contributed by atoms with Crippen LogP contribution >= 0.6 is 0 Å². The summed E-state index contributed by atoms with van der Waals surface area (Å²) in [5.41, 5.74) is -1.24. The quantitative estimate of drug-likeness (QED) is 0.241. The molecule has 0 saturated carbocycles. The second-order valence-electron chi connectivity index (χ2n) is 14.4. The molecule has 4 aromatic rings. The molecule has 0 amide bonds. The average molecular weight is 679 g/mol. The largest absolute Gasteiger partial charge is 0.508 e. The van der Waals surface area contributed by atoms with Crippen molar-refractivity contribution in [3.63, 3.8) is 0 Å². The first kappa shape index (κ1) is 32.4. The maximum atomic E-state index is 17.0. The zero-order chi connectivity index (χ0) is 33.9. The van der Waals surface area contributed by atoms with E-state index >= 15 is 8.78 Å². The Kier molecular flexibility index (Phi) is 8.29. The third kappa shape index (κ3) is 5.94. The average Bonchev–Trinajstić information content (AvgIpc) is 3.59. The van der Waals surface area contributed by atoms with Crippen molar-refractivity contribution in [2.45, 2.75) is 81.3 Å². The SMILES string of the molecule is Oc1cc2c3c(c(F)ccc3c1)CCCC(O)NCCC1(O)CCCN(C1)c1nc(OC[C@@]34CCCN3C[C@H](F)C4)nc3c(F)c-2ncc13. The third-order valence-corrected chi connectivity index (χ3v) is 11.0. The molecule has 0 radical (unpaired) electrons. The van der Waals surface area contributed by atoms with Gasteiger partial charge in [0.05, 0.1) is 16.5 Å². The van der Waals surface area contributed by atoms with E-state index in [1.807, 2.05) is 4.90 Å². The summed E-state index contributed by atoms with van der Waals surface area (Å²) >= 11 is 0. The first-order valence-corrected chi connectivity index (χ1v) is 17.3. The Bertz CT molecular complexity index is 1920. The highest BCUT2D eigenvalue weighted by Crippen LogP contribution is 2.42. The third-order valence-electron chi connectivity index (χ3n) is 11.0. The van der Waals surface area contributed by atoms with E-state index in [-0.39, 0.29) is 48.1 Å². The second kappa shape index (κ2) is 12.5. The lowest BCUT2D eigenvalue weighted by atomic mass is 9.89. The Morgan fingerprint density at radius 1 is 1.06 bits per heavy atom. The maximum Gasteiger partial charge on any atom is 0.319 e. The number of phenols is 1. The summed E-state index contributed by atoms with van der Waals surface area (Å²) in [5.74, 6) is -1.05. The molecular formula is C36H41F3N6O4. The normalized spacial score (nSPS) is 27.9. The number of aliphatic hydroxyl groups excluding tert-OH is 1. The molecule has 2 unspecified atom stereocenters. The summed E-state index contributed by atoms with van der Waals surface area (Å²) in [6.45, 7) is 2.39. The van der Waals surface area contributed by atoms with Crippen LogP contribution in [0.3, 0.4) is 0 Å². The van der Waals surface area contributed by atoms with Crippen LogP contribution in [-0.2, 0) is 6.42 Å². The fourth-order valence-corrected chi connectivity index (χ4v) is 8.64. The lowest BCUT2D eigenvalue weighted by Crippen LogP contribution is -2.50. The number of alkyl halides is 1. The molecule has 6 bridgehead atoms. The van der Waals surface area contributed by atoms with Crippen LogP contribution in [0, 0.1) is 11.6 Å². The number of phenolic OH excluding ortho intramolecular Hbond substituents is 1. The standard InChI is InChI=1S/C36H41F3N6O4/c37-22-16-35(8-2-13-45(35)18-22)20-49-34-42-32-26-17-41-31(30(32)39)25-15-23(46)14-21-6-7-27(38)24(29(21)25)4-1-5-28(47)40-11-10-36(48)9-3-12-44(19-36)33(26)43-34/h6-7,14-15,17,22,28,40,46-48H,1-5,8-13,16,18-20H2/t22-,28?,35+,36?/m1/s1. The van der Waals surface area contributed by atoms with E-state index in [1.165, 1.54) is 24.4 Å². The summed E-state index contributed by atoms with van der Waals surface area (Å²) in [6, 6.07) is 5.68. The number of fused-ring (bicyclic) bond motifs is 8. The van der Waals surface area contributed by atoms with Crippen molar-refractivity contribution in [1.82, 2.24) is 25.2 Å². The van der Waals surface area contributed by atoms with Crippen molar-refractivity contribution >= 4 is 27.5 Å². The number of rotatable bonds is 3. The van der Waals surface area contributed by atoms with E-state index in [4.69, 9.17) is 9.72 Å². The second-order valence-corrected chi connectivity index (χ2v) is 14.4. The number of pyridine rings is 1. The minimum absolute atomic E-state index is 0.0602. The van der Waals surface area contributed by atoms with Gasteiger partial charge in [0.15, 0.2) is 5.82 Å². The zero-order valence-corrected chi connectivity index (χ0v) is 27.3. The van der Waals surface area contributed by atoms with Crippen LogP contribution < -0.4 is 15.0 Å². The van der Waals surface area contributed by atoms with Gasteiger partial charge in [-0.05, 0) is 92.4 Å². The minimum atomic E-state index is -1.11. The highest BCUT2D eigenvalue weighted by atomic mass is 19.1. The number of piperidine rings is 1. The van der Waals surface area contributed by atoms with Gasteiger partial charge in [-0.3, -0.25) is 15.2 Å². The van der Waals surface area contributed by atoms with Gasteiger partial charge in [-0.2, -0.15) is 9.97 Å². The van der Waals surface area contributed by atoms with Gasteiger partial charge >= 0.3 is 6.01 Å². The van der Waals surface area contributed by atoms with E-state index in [1.54, 1.807) is 6.07 Å². The van der Waals surface area contributed by atoms with Crippen LogP contribution in [0.5, 0.6) is 11.8 Å². The molecule has 3 saturated heterocycles. The molecular weight excluding hydrogens is 637 g/mol. The Balaban J connectivity index is 1.30. The number of benzene rings is 2. The number of aromatic hydroxyl groups is 1. The van der Waals surface area contributed by atoms with Crippen LogP contribution in [0.15, 0.2) is 30.5 Å². The number of nitrogens with zero attached hydrogens (tertiary/aromatic N) is 5. The highest BCUT2D eigenvalue weighted by Gasteiger charge is 2.49. The molecule has 5 aliphatic rings. The molecule has 2 aromatic carbocycles. The van der Waals surface area contributed by atoms with Crippen LogP contribution in [0.4, 0.5) is 19.0 Å². The number of halogens is 3. The Hall–Kier alpha value is -3.78. The van der Waals surface area contributed by atoms with Gasteiger partial charge in [-0.1, -0.05) is 6.07 Å². The van der Waals surface area contributed by atoms with Gasteiger partial charge < -0.3 is 25.0 Å². The fraction of sp³-hybridized carbons (Fsp3) is 0.528. The van der Waals surface area contributed by atoms with Crippen molar-refractivity contribution in [2.75, 3.05) is 44.2 Å². The Morgan fingerprint density at radius 3 is 2.80 bits per heavy atom. The molecule has 3 fully saturated rings. The molecule has 0 aliphatic carbocycles. The van der Waals surface area contributed by atoms with E-state index in [0.717, 1.165) is 19.4 Å². The fourth-order valence-electron chi connectivity index (χ4n) is 8.64. The highest BCUT2D eigenvalue weighted by molar-refractivity contribution is 6.01. The topological polar surface area (TPSA) is 127 Å². The number of anilines is 1. The summed E-state index contributed by atoms with van der Waals surface area (Å²) < 4.78 is 53.3. The van der Waals surface area contributed by atoms with Crippen molar-refractivity contribution in [1.29, 1.82) is 0 Å². The first-order valence-electron chi connectivity index (χ1n) is 17.3. The van der Waals surface area contributed by atoms with Gasteiger partial charge in [0, 0.05) is 44.4 Å². The van der Waals surface area contributed by atoms with Gasteiger partial charge in [0.2, 0.25) is 0 Å². The number of hydrogen-bond donors (Lipinski definition) is 4. The van der Waals surface area contributed by atoms with E-state index in [2.05, 4.69) is 20.2 Å². The molecule has 0 spiro atoms. The molecule has 13 heteroatoms. The molecule has 4 N–H and O–H groups in total. The lowest BCUT2D eigenvalue weighted by molar-refractivity contribution is 0.0130. The van der Waals surface area contributed by atoms with Crippen LogP contribution in [-0.4, -0.2) is 98.0 Å². The molecule has 49 heavy (non-hydrogen) atoms. The number of aliphatic hydroxyl groups is 2. The number of hydrogen-bond acceptors (Lipinski definition) is 10. The molecule has 10 nitrogen and oxygen atoms in total. The van der Waals surface area contributed by atoms with Crippen LogP contribution in [0.25, 0.3) is 32.9 Å². The molecule has 7 heterocycles. The van der Waals surface area contributed by atoms with Gasteiger partial charge in [-0.25, -0.2) is 13.2 Å². The summed E-state index contributed by atoms with van der Waals surface area (Å²) in [4.78, 5) is 17.9. The predicted octanol–water partition coefficient (Wildman–Crippen LogP) is 4.75. The smallest absolute Gasteiger partial charge is 0.319 e. The van der Waals surface area contributed by atoms with Crippen molar-refractivity contribution < 1.29 is 33.2 Å². The number of nitrogens with one attached hydrogen (secondary N) is 1. The van der Waals surface area contributed by atoms with Gasteiger partial charge in [0.1, 0.15) is 47.6 Å². The number of aryl methyl sites for hydroxylation is 1. The van der Waals surface area contributed by atoms with E-state index in [0.29, 0.717) is 85.7 Å². The van der Waals surface area contributed by atoms with Crippen molar-refractivity contribution in [2.24, 2.45) is 0 Å². The minimum Gasteiger partial charge on any atom is -0.508 e. The molecule has 5 aliphatic heterocycles. The summed E-state index contributed by atoms with van der Waals surface area (Å²) in [7, 11) is 0. The molecule has 4 atom stereocenters. The Labute approximate surface area is 281 Å². The summed E-state index contributed by atoms with van der Waals surface area (Å²) in [6.07, 6.45) is 4.28. The maximum absolute atomic E-state index is 17.0. The van der Waals surface area contributed by atoms with Crippen molar-refractivity contribution in [3.05, 3.63) is 47.7 Å². The number of ether oxygens (including phenoxy) is 1. The molecule has 9 rings (SSSR count). The monoisotopic (exact) mass is 678 g/mol. The van der Waals surface area contributed by atoms with Gasteiger partial charge in [-0.15, -0.1) is 0 Å². The van der Waals surface area contributed by atoms with E-state index < -0.39 is 35.2 Å². The zero-order valence-electron chi connectivity index (χ0n) is 27.3.